The highest BCUT2D eigenvalue weighted by atomic mass is 16.5. The second-order valence-corrected chi connectivity index (χ2v) is 3.96. The Hall–Kier alpha value is -1.91. The Morgan fingerprint density at radius 2 is 1.89 bits per heavy atom. The van der Waals surface area contributed by atoms with Gasteiger partial charge < -0.3 is 14.9 Å². The van der Waals surface area contributed by atoms with E-state index in [4.69, 9.17) is 9.84 Å². The van der Waals surface area contributed by atoms with Gasteiger partial charge in [-0.25, -0.2) is 0 Å². The number of carbonyl (C=O) groups excluding carboxylic acids is 1. The third-order valence-electron chi connectivity index (χ3n) is 2.69. The highest BCUT2D eigenvalue weighted by molar-refractivity contribution is 6.00. The van der Waals surface area contributed by atoms with Crippen molar-refractivity contribution >= 4 is 17.1 Å². The van der Waals surface area contributed by atoms with Crippen molar-refractivity contribution in [2.75, 3.05) is 13.2 Å². The molecule has 4 nitrogen and oxygen atoms in total. The summed E-state index contributed by atoms with van der Waals surface area (Å²) in [6.07, 6.45) is -0.108. The summed E-state index contributed by atoms with van der Waals surface area (Å²) < 4.78 is 5.45. The zero-order valence-corrected chi connectivity index (χ0v) is 9.74. The minimum atomic E-state index is -0.908. The fourth-order valence-corrected chi connectivity index (χ4v) is 1.76. The van der Waals surface area contributed by atoms with Crippen molar-refractivity contribution in [3.8, 4) is 5.75 Å². The molecule has 0 saturated heterocycles. The zero-order valence-electron chi connectivity index (χ0n) is 9.74. The fourth-order valence-electron chi connectivity index (χ4n) is 1.76. The molecule has 0 aromatic heterocycles. The van der Waals surface area contributed by atoms with E-state index in [2.05, 4.69) is 0 Å². The Morgan fingerprint density at radius 1 is 1.17 bits per heavy atom. The van der Waals surface area contributed by atoms with Crippen LogP contribution in [0.25, 0.3) is 10.8 Å². The number of aldehydes is 1. The number of hydrogen-bond donors (Lipinski definition) is 2. The van der Waals surface area contributed by atoms with Crippen molar-refractivity contribution in [3.05, 3.63) is 42.0 Å². The van der Waals surface area contributed by atoms with Gasteiger partial charge in [0, 0.05) is 10.9 Å². The van der Waals surface area contributed by atoms with Crippen LogP contribution in [0, 0.1) is 0 Å². The molecule has 0 fully saturated rings. The van der Waals surface area contributed by atoms with Crippen molar-refractivity contribution < 1.29 is 19.7 Å². The number of ether oxygens (including phenoxy) is 1. The molecule has 2 aromatic carbocycles. The molecule has 0 spiro atoms. The van der Waals surface area contributed by atoms with Crippen LogP contribution < -0.4 is 4.74 Å². The maximum Gasteiger partial charge on any atom is 0.150 e. The van der Waals surface area contributed by atoms with E-state index >= 15 is 0 Å². The van der Waals surface area contributed by atoms with Crippen LogP contribution in [0.15, 0.2) is 36.4 Å². The second kappa shape index (κ2) is 5.62. The first-order chi connectivity index (χ1) is 8.76. The van der Waals surface area contributed by atoms with E-state index in [1.54, 1.807) is 12.1 Å². The third kappa shape index (κ3) is 2.50. The number of carbonyl (C=O) groups is 1. The van der Waals surface area contributed by atoms with Crippen molar-refractivity contribution in [2.24, 2.45) is 0 Å². The lowest BCUT2D eigenvalue weighted by atomic mass is 10.0. The molecule has 94 valence electrons. The molecule has 0 aliphatic carbocycles. The molecule has 0 aliphatic rings. The standard InChI is InChI=1S/C14H14O4/c15-7-10-5-6-14(18-9-11(17)8-16)13-4-2-1-3-12(10)13/h1-7,11,16-17H,8-9H2. The summed E-state index contributed by atoms with van der Waals surface area (Å²) in [7, 11) is 0. The lowest BCUT2D eigenvalue weighted by Crippen LogP contribution is -2.21. The summed E-state index contributed by atoms with van der Waals surface area (Å²) in [5.74, 6) is 0.587. The van der Waals surface area contributed by atoms with E-state index in [1.165, 1.54) is 0 Å². The first-order valence-electron chi connectivity index (χ1n) is 5.65. The Morgan fingerprint density at radius 3 is 2.56 bits per heavy atom. The predicted molar refractivity (Wildman–Crippen MR) is 67.9 cm³/mol. The topological polar surface area (TPSA) is 66.8 Å². The SMILES string of the molecule is O=Cc1ccc(OCC(O)CO)c2ccccc12. The maximum atomic E-state index is 10.9. The smallest absolute Gasteiger partial charge is 0.150 e. The van der Waals surface area contributed by atoms with Crippen LogP contribution in [0.2, 0.25) is 0 Å². The lowest BCUT2D eigenvalue weighted by molar-refractivity contribution is 0.0541. The number of rotatable bonds is 5. The summed E-state index contributed by atoms with van der Waals surface area (Å²) in [6.45, 7) is -0.328. The molecule has 0 aliphatic heterocycles. The van der Waals surface area contributed by atoms with Gasteiger partial charge in [-0.2, -0.15) is 0 Å². The molecule has 4 heteroatoms. The molecular weight excluding hydrogens is 232 g/mol. The summed E-state index contributed by atoms with van der Waals surface area (Å²) in [6, 6.07) is 10.8. The number of aliphatic hydroxyl groups is 2. The van der Waals surface area contributed by atoms with Crippen LogP contribution in [0.5, 0.6) is 5.75 Å². The lowest BCUT2D eigenvalue weighted by Gasteiger charge is -2.12. The van der Waals surface area contributed by atoms with Crippen molar-refractivity contribution in [3.63, 3.8) is 0 Å². The van der Waals surface area contributed by atoms with Crippen LogP contribution in [-0.2, 0) is 0 Å². The van der Waals surface area contributed by atoms with Crippen LogP contribution >= 0.6 is 0 Å². The number of hydrogen-bond acceptors (Lipinski definition) is 4. The third-order valence-corrected chi connectivity index (χ3v) is 2.69. The van der Waals surface area contributed by atoms with E-state index in [1.807, 2.05) is 24.3 Å². The van der Waals surface area contributed by atoms with Gasteiger partial charge in [0.15, 0.2) is 6.29 Å². The molecule has 1 unspecified atom stereocenters. The summed E-state index contributed by atoms with van der Waals surface area (Å²) in [5.41, 5.74) is 0.598. The number of aliphatic hydroxyl groups excluding tert-OH is 2. The minimum absolute atomic E-state index is 0.0148. The molecule has 0 saturated carbocycles. The molecule has 0 heterocycles. The summed E-state index contributed by atoms with van der Waals surface area (Å²) in [5, 5.41) is 19.6. The van der Waals surface area contributed by atoms with Gasteiger partial charge in [0.1, 0.15) is 18.5 Å². The van der Waals surface area contributed by atoms with Crippen molar-refractivity contribution in [1.82, 2.24) is 0 Å². The average Bonchev–Trinajstić information content (AvgIpc) is 2.44. The molecular formula is C14H14O4. The van der Waals surface area contributed by atoms with E-state index < -0.39 is 6.10 Å². The summed E-state index contributed by atoms with van der Waals surface area (Å²) >= 11 is 0. The predicted octanol–water partition coefficient (Wildman–Crippen LogP) is 1.38. The monoisotopic (exact) mass is 246 g/mol. The highest BCUT2D eigenvalue weighted by Gasteiger charge is 2.08. The van der Waals surface area contributed by atoms with Crippen molar-refractivity contribution in [2.45, 2.75) is 6.10 Å². The Labute approximate surface area is 104 Å². The van der Waals surface area contributed by atoms with Gasteiger partial charge in [-0.3, -0.25) is 4.79 Å². The number of fused-ring (bicyclic) bond motifs is 1. The Bertz CT molecular complexity index is 550. The molecule has 1 atom stereocenters. The van der Waals surface area contributed by atoms with E-state index in [0.29, 0.717) is 11.3 Å². The van der Waals surface area contributed by atoms with E-state index in [0.717, 1.165) is 17.1 Å². The average molecular weight is 246 g/mol. The van der Waals surface area contributed by atoms with Gasteiger partial charge in [0.25, 0.3) is 0 Å². The van der Waals surface area contributed by atoms with Crippen LogP contribution in [0.1, 0.15) is 10.4 Å². The molecule has 18 heavy (non-hydrogen) atoms. The largest absolute Gasteiger partial charge is 0.490 e. The maximum absolute atomic E-state index is 10.9. The van der Waals surface area contributed by atoms with Gasteiger partial charge >= 0.3 is 0 Å². The highest BCUT2D eigenvalue weighted by Crippen LogP contribution is 2.27. The number of benzene rings is 2. The van der Waals surface area contributed by atoms with Gasteiger partial charge in [-0.1, -0.05) is 24.3 Å². The van der Waals surface area contributed by atoms with Crippen LogP contribution in [0.4, 0.5) is 0 Å². The molecule has 2 N–H and O–H groups in total. The molecule has 0 amide bonds. The second-order valence-electron chi connectivity index (χ2n) is 3.96. The van der Waals surface area contributed by atoms with E-state index in [-0.39, 0.29) is 13.2 Å². The molecule has 2 aromatic rings. The first-order valence-corrected chi connectivity index (χ1v) is 5.65. The first kappa shape index (κ1) is 12.5. The van der Waals surface area contributed by atoms with Crippen LogP contribution in [0.3, 0.4) is 0 Å². The van der Waals surface area contributed by atoms with Gasteiger partial charge in [-0.15, -0.1) is 0 Å². The molecule has 2 rings (SSSR count). The Kier molecular flexibility index (Phi) is 3.92. The normalized spacial score (nSPS) is 12.3. The zero-order chi connectivity index (χ0) is 13.0. The van der Waals surface area contributed by atoms with Gasteiger partial charge in [0.05, 0.1) is 6.61 Å². The van der Waals surface area contributed by atoms with Crippen molar-refractivity contribution in [1.29, 1.82) is 0 Å². The summed E-state index contributed by atoms with van der Waals surface area (Å²) in [4.78, 5) is 10.9. The van der Waals surface area contributed by atoms with Gasteiger partial charge in [-0.05, 0) is 17.5 Å². The van der Waals surface area contributed by atoms with E-state index in [9.17, 15) is 9.90 Å². The molecule has 0 radical (unpaired) electrons. The van der Waals surface area contributed by atoms with Crippen LogP contribution in [-0.4, -0.2) is 35.8 Å². The van der Waals surface area contributed by atoms with Gasteiger partial charge in [0.2, 0.25) is 0 Å². The fraction of sp³-hybridized carbons (Fsp3) is 0.214. The quantitative estimate of drug-likeness (QED) is 0.782. The minimum Gasteiger partial charge on any atom is -0.490 e. The Balaban J connectivity index is 2.37. The molecule has 0 bridgehead atoms.